The first kappa shape index (κ1) is 21.4. The molecule has 1 aromatic heterocycles. The zero-order valence-corrected chi connectivity index (χ0v) is 16.5. The molecule has 0 fully saturated rings. The molecule has 8 nitrogen and oxygen atoms in total. The van der Waals surface area contributed by atoms with Gasteiger partial charge in [0.15, 0.2) is 0 Å². The van der Waals surface area contributed by atoms with Crippen LogP contribution in [0.3, 0.4) is 0 Å². The van der Waals surface area contributed by atoms with Crippen LogP contribution >= 0.6 is 0 Å². The molecule has 3 rings (SSSR count). The van der Waals surface area contributed by atoms with Crippen LogP contribution in [0, 0.1) is 0 Å². The molecule has 0 saturated heterocycles. The number of methoxy groups -OCH3 is 1. The van der Waals surface area contributed by atoms with Crippen molar-refractivity contribution in [3.05, 3.63) is 71.4 Å². The molecule has 0 aliphatic carbocycles. The minimum absolute atomic E-state index is 0.0952. The van der Waals surface area contributed by atoms with Gasteiger partial charge in [-0.25, -0.2) is 9.59 Å². The summed E-state index contributed by atoms with van der Waals surface area (Å²) in [7, 11) is 1.28. The summed E-state index contributed by atoms with van der Waals surface area (Å²) in [5.74, 6) is -0.536. The number of alkyl carbamates (subject to hydrolysis) is 1. The van der Waals surface area contributed by atoms with Crippen molar-refractivity contribution >= 4 is 23.0 Å². The second-order valence-corrected chi connectivity index (χ2v) is 6.79. The molecule has 3 aromatic rings. The number of aromatic nitrogens is 1. The Bertz CT molecular complexity index is 1000. The Balaban J connectivity index is 1.54. The van der Waals surface area contributed by atoms with Gasteiger partial charge < -0.3 is 30.0 Å². The lowest BCUT2D eigenvalue weighted by molar-refractivity contribution is 0.0136. The van der Waals surface area contributed by atoms with Crippen LogP contribution in [0.15, 0.2) is 54.7 Å². The van der Waals surface area contributed by atoms with Gasteiger partial charge in [0.2, 0.25) is 0 Å². The lowest BCUT2D eigenvalue weighted by Crippen LogP contribution is -2.29. The summed E-state index contributed by atoms with van der Waals surface area (Å²) < 4.78 is 9.90. The number of carbonyl (C=O) groups excluding carboxylic acids is 2. The van der Waals surface area contributed by atoms with Gasteiger partial charge in [-0.05, 0) is 35.7 Å². The molecule has 2 atom stereocenters. The fourth-order valence-electron chi connectivity index (χ4n) is 3.12. The molecule has 0 bridgehead atoms. The molecule has 0 aliphatic rings. The van der Waals surface area contributed by atoms with E-state index in [1.165, 1.54) is 13.2 Å². The number of rotatable bonds is 8. The first-order chi connectivity index (χ1) is 14.5. The Morgan fingerprint density at radius 1 is 1.13 bits per heavy atom. The number of carbonyl (C=O) groups is 2. The highest BCUT2D eigenvalue weighted by molar-refractivity contribution is 6.04. The number of aliphatic hydroxyl groups is 2. The van der Waals surface area contributed by atoms with Crippen molar-refractivity contribution < 1.29 is 29.3 Å². The van der Waals surface area contributed by atoms with E-state index in [1.54, 1.807) is 18.3 Å². The number of fused-ring (bicyclic) bond motifs is 1. The van der Waals surface area contributed by atoms with Gasteiger partial charge >= 0.3 is 12.1 Å². The lowest BCUT2D eigenvalue weighted by atomic mass is 9.98. The van der Waals surface area contributed by atoms with E-state index in [0.29, 0.717) is 22.0 Å². The first-order valence-electron chi connectivity index (χ1n) is 9.49. The van der Waals surface area contributed by atoms with Crippen molar-refractivity contribution in [2.45, 2.75) is 25.2 Å². The van der Waals surface area contributed by atoms with Crippen molar-refractivity contribution in [1.29, 1.82) is 0 Å². The molecule has 158 valence electrons. The Hall–Kier alpha value is -3.36. The number of H-pyrrole nitrogens is 1. The third-order valence-electron chi connectivity index (χ3n) is 4.72. The average Bonchev–Trinajstić information content (AvgIpc) is 3.25. The van der Waals surface area contributed by atoms with Crippen LogP contribution in [-0.2, 0) is 16.1 Å². The zero-order valence-electron chi connectivity index (χ0n) is 16.5. The average molecular weight is 412 g/mol. The molecule has 0 spiro atoms. The number of hydrogen-bond donors (Lipinski definition) is 4. The highest BCUT2D eigenvalue weighted by atomic mass is 16.5. The summed E-state index contributed by atoms with van der Waals surface area (Å²) in [6.45, 7) is 0.255. The van der Waals surface area contributed by atoms with E-state index in [0.717, 1.165) is 5.56 Å². The molecule has 1 heterocycles. The zero-order chi connectivity index (χ0) is 21.5. The van der Waals surface area contributed by atoms with Gasteiger partial charge in [-0.2, -0.15) is 0 Å². The minimum Gasteiger partial charge on any atom is -0.465 e. The number of aromatic amines is 1. The van der Waals surface area contributed by atoms with E-state index in [9.17, 15) is 19.8 Å². The molecular formula is C22H24N2O6. The van der Waals surface area contributed by atoms with Gasteiger partial charge in [-0.3, -0.25) is 0 Å². The third kappa shape index (κ3) is 5.16. The van der Waals surface area contributed by atoms with Crippen LogP contribution in [0.2, 0.25) is 0 Å². The lowest BCUT2D eigenvalue weighted by Gasteiger charge is -2.19. The summed E-state index contributed by atoms with van der Waals surface area (Å²) >= 11 is 0. The van der Waals surface area contributed by atoms with Crippen LogP contribution in [0.1, 0.15) is 34.0 Å². The quantitative estimate of drug-likeness (QED) is 0.422. The predicted octanol–water partition coefficient (Wildman–Crippen LogP) is 2.67. The van der Waals surface area contributed by atoms with E-state index >= 15 is 0 Å². The molecule has 4 N–H and O–H groups in total. The number of nitrogens with one attached hydrogen (secondary N) is 2. The van der Waals surface area contributed by atoms with Gasteiger partial charge in [-0.1, -0.05) is 30.3 Å². The Morgan fingerprint density at radius 2 is 1.90 bits per heavy atom. The van der Waals surface area contributed by atoms with Gasteiger partial charge in [0.05, 0.1) is 18.8 Å². The van der Waals surface area contributed by atoms with Gasteiger partial charge in [0.1, 0.15) is 12.7 Å². The molecule has 8 heteroatoms. The van der Waals surface area contributed by atoms with Gasteiger partial charge in [0, 0.05) is 23.6 Å². The Kier molecular flexibility index (Phi) is 7.05. The third-order valence-corrected chi connectivity index (χ3v) is 4.72. The van der Waals surface area contributed by atoms with Gasteiger partial charge in [-0.15, -0.1) is 0 Å². The van der Waals surface area contributed by atoms with E-state index in [2.05, 4.69) is 10.3 Å². The number of esters is 1. The summed E-state index contributed by atoms with van der Waals surface area (Å²) in [6, 6.07) is 14.2. The standard InChI is InChI=1S/C22H24N2O6/c1-29-21(27)17-11-15(12-18-16(17)7-9-23-18)20(26)19(25)8-10-24-22(28)30-13-14-5-3-2-4-6-14/h2-7,9,11-12,19-20,23,25-26H,8,10,13H2,1H3,(H,24,28). The maximum atomic E-state index is 12.0. The highest BCUT2D eigenvalue weighted by Crippen LogP contribution is 2.27. The van der Waals surface area contributed by atoms with E-state index in [-0.39, 0.29) is 19.6 Å². The summed E-state index contributed by atoms with van der Waals surface area (Å²) in [5.41, 5.74) is 2.16. The Morgan fingerprint density at radius 3 is 2.63 bits per heavy atom. The van der Waals surface area contributed by atoms with Crippen LogP contribution in [0.4, 0.5) is 4.79 Å². The van der Waals surface area contributed by atoms with Crippen molar-refractivity contribution in [3.8, 4) is 0 Å². The monoisotopic (exact) mass is 412 g/mol. The van der Waals surface area contributed by atoms with Crippen molar-refractivity contribution in [2.75, 3.05) is 13.7 Å². The predicted molar refractivity (Wildman–Crippen MR) is 110 cm³/mol. The van der Waals surface area contributed by atoms with E-state index < -0.39 is 24.3 Å². The topological polar surface area (TPSA) is 121 Å². The molecule has 0 saturated carbocycles. The van der Waals surface area contributed by atoms with Crippen molar-refractivity contribution in [1.82, 2.24) is 10.3 Å². The Labute approximate surface area is 173 Å². The largest absolute Gasteiger partial charge is 0.465 e. The molecular weight excluding hydrogens is 388 g/mol. The highest BCUT2D eigenvalue weighted by Gasteiger charge is 2.22. The maximum absolute atomic E-state index is 12.0. The van der Waals surface area contributed by atoms with Crippen LogP contribution < -0.4 is 5.32 Å². The fourth-order valence-corrected chi connectivity index (χ4v) is 3.12. The van der Waals surface area contributed by atoms with Crippen LogP contribution in [0.25, 0.3) is 10.9 Å². The molecule has 0 aliphatic heterocycles. The second-order valence-electron chi connectivity index (χ2n) is 6.79. The minimum atomic E-state index is -1.25. The summed E-state index contributed by atoms with van der Waals surface area (Å²) in [4.78, 5) is 26.8. The van der Waals surface area contributed by atoms with Crippen molar-refractivity contribution in [2.24, 2.45) is 0 Å². The summed E-state index contributed by atoms with van der Waals surface area (Å²) in [5, 5.41) is 24.1. The fraction of sp³-hybridized carbons (Fsp3) is 0.273. The summed E-state index contributed by atoms with van der Waals surface area (Å²) in [6.07, 6.45) is -1.24. The molecule has 2 unspecified atom stereocenters. The number of hydrogen-bond acceptors (Lipinski definition) is 6. The van der Waals surface area contributed by atoms with Crippen molar-refractivity contribution in [3.63, 3.8) is 0 Å². The van der Waals surface area contributed by atoms with Crippen LogP contribution in [0.5, 0.6) is 0 Å². The van der Waals surface area contributed by atoms with Gasteiger partial charge in [0.25, 0.3) is 0 Å². The molecule has 30 heavy (non-hydrogen) atoms. The number of ether oxygens (including phenoxy) is 2. The molecule has 1 amide bonds. The second kappa shape index (κ2) is 9.91. The molecule has 2 aromatic carbocycles. The smallest absolute Gasteiger partial charge is 0.407 e. The SMILES string of the molecule is COC(=O)c1cc(C(O)C(O)CCNC(=O)OCc2ccccc2)cc2[nH]ccc12. The number of amides is 1. The van der Waals surface area contributed by atoms with Crippen LogP contribution in [-0.4, -0.2) is 47.0 Å². The number of benzene rings is 2. The maximum Gasteiger partial charge on any atom is 0.407 e. The normalized spacial score (nSPS) is 12.9. The van der Waals surface area contributed by atoms with E-state index in [1.807, 2.05) is 30.3 Å². The molecule has 0 radical (unpaired) electrons. The first-order valence-corrected chi connectivity index (χ1v) is 9.49. The van der Waals surface area contributed by atoms with E-state index in [4.69, 9.17) is 9.47 Å². The number of aliphatic hydroxyl groups excluding tert-OH is 2.